The molecule has 0 aliphatic rings. The summed E-state index contributed by atoms with van der Waals surface area (Å²) in [5, 5.41) is 8.19. The van der Waals surface area contributed by atoms with Gasteiger partial charge in [0.2, 0.25) is 5.91 Å². The molecule has 0 aromatic heterocycles. The Morgan fingerprint density at radius 2 is 2.21 bits per heavy atom. The molecule has 14 heavy (non-hydrogen) atoms. The lowest BCUT2D eigenvalue weighted by Crippen LogP contribution is -2.25. The average molecular weight is 255 g/mol. The van der Waals surface area contributed by atoms with E-state index < -0.39 is 11.2 Å². The third-order valence-electron chi connectivity index (χ3n) is 1.13. The maximum atomic E-state index is 10.7. The Kier molecular flexibility index (Phi) is 8.30. The monoisotopic (exact) mass is 255 g/mol. The van der Waals surface area contributed by atoms with Crippen LogP contribution in [0.25, 0.3) is 0 Å². The van der Waals surface area contributed by atoms with Gasteiger partial charge in [-0.3, -0.25) is 14.3 Å². The van der Waals surface area contributed by atoms with Gasteiger partial charge in [-0.1, -0.05) is 0 Å². The predicted octanol–water partition coefficient (Wildman–Crippen LogP) is 0.887. The number of thioether (sulfide) groups is 1. The first-order valence-corrected chi connectivity index (χ1v) is 6.58. The molecule has 1 unspecified atom stereocenters. The summed E-state index contributed by atoms with van der Waals surface area (Å²) in [6, 6.07) is 0. The lowest BCUT2D eigenvalue weighted by Gasteiger charge is -2.10. The van der Waals surface area contributed by atoms with Crippen molar-refractivity contribution in [2.24, 2.45) is 0 Å². The van der Waals surface area contributed by atoms with E-state index in [2.05, 4.69) is 17.4 Å². The largest absolute Gasteiger partial charge is 0.480 e. The van der Waals surface area contributed by atoms with E-state index in [0.717, 1.165) is 23.5 Å². The normalized spacial score (nSPS) is 12.1. The second-order valence-corrected chi connectivity index (χ2v) is 5.01. The number of hydrogen-bond acceptors (Lipinski definition) is 5. The van der Waals surface area contributed by atoms with Gasteiger partial charge in [0.15, 0.2) is 0 Å². The quantitative estimate of drug-likeness (QED) is 0.358. The van der Waals surface area contributed by atoms with E-state index in [0.29, 0.717) is 5.75 Å². The Balaban J connectivity index is 3.78. The number of carbonyl (C=O) groups is 2. The van der Waals surface area contributed by atoms with Crippen molar-refractivity contribution in [3.05, 3.63) is 0 Å². The highest BCUT2D eigenvalue weighted by molar-refractivity contribution is 8.03. The molecule has 0 rings (SSSR count). The molecular weight excluding hydrogens is 242 g/mol. The first kappa shape index (κ1) is 14.0. The van der Waals surface area contributed by atoms with Crippen LogP contribution in [-0.2, 0) is 9.59 Å². The minimum absolute atomic E-state index is 0.236. The van der Waals surface area contributed by atoms with Gasteiger partial charge in [-0.25, -0.2) is 0 Å². The van der Waals surface area contributed by atoms with E-state index in [-0.39, 0.29) is 5.91 Å². The van der Waals surface area contributed by atoms with Gasteiger partial charge in [0, 0.05) is 18.4 Å². The standard InChI is InChI=1S/C7H13NO3S3/c1-5(9)8-14-6(7(10)11)4-13-3-2-12/h6,12H,2-4H2,1H3,(H,8,9)(H,10,11). The van der Waals surface area contributed by atoms with Crippen molar-refractivity contribution in [3.63, 3.8) is 0 Å². The van der Waals surface area contributed by atoms with Crippen molar-refractivity contribution in [2.45, 2.75) is 12.2 Å². The Bertz CT molecular complexity index is 201. The zero-order chi connectivity index (χ0) is 11.0. The minimum Gasteiger partial charge on any atom is -0.480 e. The second-order valence-electron chi connectivity index (χ2n) is 2.40. The fourth-order valence-corrected chi connectivity index (χ4v) is 2.57. The SMILES string of the molecule is CC(=O)NSC(CSCCS)C(=O)O. The van der Waals surface area contributed by atoms with E-state index in [1.165, 1.54) is 18.7 Å². The van der Waals surface area contributed by atoms with Crippen LogP contribution >= 0.6 is 36.3 Å². The van der Waals surface area contributed by atoms with E-state index in [4.69, 9.17) is 5.11 Å². The van der Waals surface area contributed by atoms with Gasteiger partial charge in [-0.05, 0) is 17.7 Å². The first-order valence-electron chi connectivity index (χ1n) is 3.91. The number of carboxylic acids is 1. The van der Waals surface area contributed by atoms with Crippen LogP contribution in [0.4, 0.5) is 0 Å². The molecular formula is C7H13NO3S3. The topological polar surface area (TPSA) is 66.4 Å². The van der Waals surface area contributed by atoms with E-state index >= 15 is 0 Å². The first-order chi connectivity index (χ1) is 6.57. The van der Waals surface area contributed by atoms with Gasteiger partial charge in [0.05, 0.1) is 0 Å². The summed E-state index contributed by atoms with van der Waals surface area (Å²) < 4.78 is 2.42. The molecule has 4 nitrogen and oxygen atoms in total. The molecule has 0 aromatic carbocycles. The lowest BCUT2D eigenvalue weighted by atomic mass is 10.5. The molecule has 0 aromatic rings. The summed E-state index contributed by atoms with van der Waals surface area (Å²) in [6.07, 6.45) is 0. The smallest absolute Gasteiger partial charge is 0.319 e. The van der Waals surface area contributed by atoms with Gasteiger partial charge in [0.25, 0.3) is 0 Å². The van der Waals surface area contributed by atoms with Crippen molar-refractivity contribution < 1.29 is 14.7 Å². The summed E-state index contributed by atoms with van der Waals surface area (Å²) >= 11 is 6.47. The Labute approximate surface area is 97.1 Å². The van der Waals surface area contributed by atoms with Gasteiger partial charge in [-0.2, -0.15) is 24.4 Å². The summed E-state index contributed by atoms with van der Waals surface area (Å²) in [7, 11) is 0. The molecule has 2 N–H and O–H groups in total. The molecule has 0 saturated carbocycles. The molecule has 1 amide bonds. The van der Waals surface area contributed by atoms with E-state index in [1.807, 2.05) is 0 Å². The maximum Gasteiger partial charge on any atom is 0.319 e. The van der Waals surface area contributed by atoms with Crippen LogP contribution in [0.5, 0.6) is 0 Å². The van der Waals surface area contributed by atoms with Crippen LogP contribution < -0.4 is 4.72 Å². The zero-order valence-electron chi connectivity index (χ0n) is 7.73. The molecule has 0 fully saturated rings. The third-order valence-corrected chi connectivity index (χ3v) is 3.98. The summed E-state index contributed by atoms with van der Waals surface area (Å²) in [4.78, 5) is 21.3. The predicted molar refractivity (Wildman–Crippen MR) is 64.0 cm³/mol. The molecule has 0 saturated heterocycles. The molecule has 0 radical (unpaired) electrons. The number of carbonyl (C=O) groups excluding carboxylic acids is 1. The van der Waals surface area contributed by atoms with Crippen molar-refractivity contribution in [2.75, 3.05) is 17.3 Å². The van der Waals surface area contributed by atoms with Crippen LogP contribution in [0.15, 0.2) is 0 Å². The van der Waals surface area contributed by atoms with Crippen molar-refractivity contribution >= 4 is 48.2 Å². The van der Waals surface area contributed by atoms with Crippen molar-refractivity contribution in [3.8, 4) is 0 Å². The highest BCUT2D eigenvalue weighted by atomic mass is 32.2. The number of hydrogen-bond donors (Lipinski definition) is 3. The van der Waals surface area contributed by atoms with E-state index in [9.17, 15) is 9.59 Å². The average Bonchev–Trinajstić information content (AvgIpc) is 2.10. The highest BCUT2D eigenvalue weighted by Crippen LogP contribution is 2.14. The second kappa shape index (κ2) is 8.31. The van der Waals surface area contributed by atoms with Crippen molar-refractivity contribution in [1.82, 2.24) is 4.72 Å². The lowest BCUT2D eigenvalue weighted by molar-refractivity contribution is -0.135. The van der Waals surface area contributed by atoms with Crippen molar-refractivity contribution in [1.29, 1.82) is 0 Å². The van der Waals surface area contributed by atoms with Crippen LogP contribution in [0, 0.1) is 0 Å². The number of nitrogens with one attached hydrogen (secondary N) is 1. The number of rotatable bonds is 7. The van der Waals surface area contributed by atoms with Crippen LogP contribution in [-0.4, -0.2) is 39.5 Å². The minimum atomic E-state index is -0.907. The summed E-state index contributed by atoms with van der Waals surface area (Å²) in [5.41, 5.74) is 0. The summed E-state index contributed by atoms with van der Waals surface area (Å²) in [6.45, 7) is 1.35. The van der Waals surface area contributed by atoms with Gasteiger partial charge >= 0.3 is 5.97 Å². The van der Waals surface area contributed by atoms with E-state index in [1.54, 1.807) is 0 Å². The number of carboxylic acid groups (broad SMARTS) is 1. The summed E-state index contributed by atoms with van der Waals surface area (Å²) in [5.74, 6) is 0.867. The molecule has 1 atom stereocenters. The Morgan fingerprint density at radius 3 is 2.64 bits per heavy atom. The fourth-order valence-electron chi connectivity index (χ4n) is 0.565. The Morgan fingerprint density at radius 1 is 1.57 bits per heavy atom. The molecule has 0 heterocycles. The van der Waals surface area contributed by atoms with Gasteiger partial charge in [-0.15, -0.1) is 0 Å². The fraction of sp³-hybridized carbons (Fsp3) is 0.714. The zero-order valence-corrected chi connectivity index (χ0v) is 10.3. The van der Waals surface area contributed by atoms with Gasteiger partial charge < -0.3 is 5.11 Å². The molecule has 0 spiro atoms. The number of thiol groups is 1. The molecule has 7 heteroatoms. The number of amides is 1. The third kappa shape index (κ3) is 7.40. The van der Waals surface area contributed by atoms with Crippen LogP contribution in [0.1, 0.15) is 6.92 Å². The maximum absolute atomic E-state index is 10.7. The number of aliphatic carboxylic acids is 1. The molecule has 0 aliphatic heterocycles. The highest BCUT2D eigenvalue weighted by Gasteiger charge is 2.18. The van der Waals surface area contributed by atoms with Crippen LogP contribution in [0.3, 0.4) is 0 Å². The van der Waals surface area contributed by atoms with Gasteiger partial charge in [0.1, 0.15) is 5.25 Å². The molecule has 0 aliphatic carbocycles. The molecule has 82 valence electrons. The van der Waals surface area contributed by atoms with Crippen LogP contribution in [0.2, 0.25) is 0 Å². The molecule has 0 bridgehead atoms. The Hall–Kier alpha value is -0.0100.